The van der Waals surface area contributed by atoms with Gasteiger partial charge in [-0.3, -0.25) is 4.79 Å². The molecule has 1 radical (unpaired) electrons. The first-order chi connectivity index (χ1) is 6.70. The topological polar surface area (TPSA) is 43.1 Å². The molecular weight excluding hydrogens is 197 g/mol. The number of hydrogen-bond acceptors (Lipinski definition) is 1. The van der Waals surface area contributed by atoms with Gasteiger partial charge < -0.3 is 5.73 Å². The molecule has 2 rings (SSSR count). The minimum absolute atomic E-state index is 0. The Labute approximate surface area is 112 Å². The molecule has 0 saturated carbocycles. The number of hydrogen-bond donors (Lipinski definition) is 1. The summed E-state index contributed by atoms with van der Waals surface area (Å²) in [5, 5.41) is 2.62. The van der Waals surface area contributed by atoms with Gasteiger partial charge in [-0.1, -0.05) is 48.5 Å². The third-order valence-electron chi connectivity index (χ3n) is 1.66. The predicted molar refractivity (Wildman–Crippen MR) is 64.6 cm³/mol. The molecule has 15 heavy (non-hydrogen) atoms. The molecule has 0 aliphatic rings. The van der Waals surface area contributed by atoms with Crippen LogP contribution in [0.15, 0.2) is 48.5 Å². The van der Waals surface area contributed by atoms with E-state index >= 15 is 0 Å². The van der Waals surface area contributed by atoms with Crippen molar-refractivity contribution in [2.45, 2.75) is 6.92 Å². The standard InChI is InChI=1S/C10H8.C2H5NO.Na/c1-2-6-10-8-4-3-7-9(10)5-1;1-2(3)4;/h1-8H;1H3,(H2,3,4);. The number of nitrogens with two attached hydrogens (primary N) is 1. The predicted octanol–water partition coefficient (Wildman–Crippen LogP) is 1.95. The van der Waals surface area contributed by atoms with Gasteiger partial charge in [0, 0.05) is 36.5 Å². The molecule has 2 aromatic carbocycles. The molecule has 0 aromatic heterocycles. The minimum Gasteiger partial charge on any atom is -0.370 e. The summed E-state index contributed by atoms with van der Waals surface area (Å²) in [7, 11) is 0. The summed E-state index contributed by atoms with van der Waals surface area (Å²) in [6.07, 6.45) is 0. The van der Waals surface area contributed by atoms with Crippen LogP contribution >= 0.6 is 0 Å². The average Bonchev–Trinajstić information content (AvgIpc) is 2.17. The van der Waals surface area contributed by atoms with Crippen molar-refractivity contribution in [2.24, 2.45) is 5.73 Å². The molecule has 3 heteroatoms. The van der Waals surface area contributed by atoms with E-state index in [2.05, 4.69) is 54.3 Å². The second kappa shape index (κ2) is 7.46. The largest absolute Gasteiger partial charge is 0.370 e. The Balaban J connectivity index is 0.000000346. The number of fused-ring (bicyclic) bond motifs is 1. The summed E-state index contributed by atoms with van der Waals surface area (Å²) < 4.78 is 0. The monoisotopic (exact) mass is 210 g/mol. The quantitative estimate of drug-likeness (QED) is 0.663. The van der Waals surface area contributed by atoms with Gasteiger partial charge >= 0.3 is 0 Å². The van der Waals surface area contributed by atoms with E-state index < -0.39 is 0 Å². The van der Waals surface area contributed by atoms with Crippen LogP contribution in [0.3, 0.4) is 0 Å². The molecule has 0 saturated heterocycles. The van der Waals surface area contributed by atoms with E-state index in [9.17, 15) is 4.79 Å². The normalized spacial score (nSPS) is 8.33. The molecule has 0 atom stereocenters. The summed E-state index contributed by atoms with van der Waals surface area (Å²) in [5.41, 5.74) is 4.47. The summed E-state index contributed by atoms with van der Waals surface area (Å²) in [6.45, 7) is 1.31. The van der Waals surface area contributed by atoms with Gasteiger partial charge in [0.15, 0.2) is 0 Å². The zero-order chi connectivity index (χ0) is 10.4. The molecule has 0 unspecified atom stereocenters. The molecule has 2 N–H and O–H groups in total. The first kappa shape index (κ1) is 14.2. The van der Waals surface area contributed by atoms with Crippen molar-refractivity contribution in [3.8, 4) is 0 Å². The van der Waals surface area contributed by atoms with Crippen LogP contribution in [-0.4, -0.2) is 35.5 Å². The van der Waals surface area contributed by atoms with Crippen LogP contribution in [0, 0.1) is 0 Å². The first-order valence-electron chi connectivity index (χ1n) is 4.40. The molecule has 2 aromatic rings. The summed E-state index contributed by atoms with van der Waals surface area (Å²) in [5.74, 6) is -0.333. The second-order valence-electron chi connectivity index (χ2n) is 2.96. The Morgan fingerprint density at radius 1 is 0.933 bits per heavy atom. The Morgan fingerprint density at radius 2 is 1.13 bits per heavy atom. The number of carbonyl (C=O) groups is 1. The smallest absolute Gasteiger partial charge is 0.214 e. The van der Waals surface area contributed by atoms with E-state index in [-0.39, 0.29) is 35.5 Å². The summed E-state index contributed by atoms with van der Waals surface area (Å²) in [6, 6.07) is 16.7. The van der Waals surface area contributed by atoms with Crippen LogP contribution in [0.1, 0.15) is 6.92 Å². The molecule has 0 aliphatic heterocycles. The van der Waals surface area contributed by atoms with Gasteiger partial charge in [-0.05, 0) is 10.8 Å². The van der Waals surface area contributed by atoms with Gasteiger partial charge in [-0.15, -0.1) is 0 Å². The van der Waals surface area contributed by atoms with E-state index in [1.165, 1.54) is 17.7 Å². The summed E-state index contributed by atoms with van der Waals surface area (Å²) in [4.78, 5) is 9.22. The molecule has 73 valence electrons. The van der Waals surface area contributed by atoms with E-state index in [4.69, 9.17) is 0 Å². The maximum atomic E-state index is 9.22. The fourth-order valence-corrected chi connectivity index (χ4v) is 1.13. The average molecular weight is 210 g/mol. The van der Waals surface area contributed by atoms with Crippen molar-refractivity contribution in [2.75, 3.05) is 0 Å². The SMILES string of the molecule is CC(N)=O.[Na].c1ccc2ccccc2c1. The molecule has 2 nitrogen and oxygen atoms in total. The van der Waals surface area contributed by atoms with Crippen molar-refractivity contribution in [3.05, 3.63) is 48.5 Å². The van der Waals surface area contributed by atoms with Crippen molar-refractivity contribution in [1.29, 1.82) is 0 Å². The van der Waals surface area contributed by atoms with Crippen molar-refractivity contribution in [1.82, 2.24) is 0 Å². The number of benzene rings is 2. The Kier molecular flexibility index (Phi) is 7.05. The molecule has 0 bridgehead atoms. The van der Waals surface area contributed by atoms with Crippen LogP contribution in [0.4, 0.5) is 0 Å². The number of amides is 1. The second-order valence-corrected chi connectivity index (χ2v) is 2.96. The van der Waals surface area contributed by atoms with Gasteiger partial charge in [0.25, 0.3) is 0 Å². The van der Waals surface area contributed by atoms with E-state index in [1.807, 2.05) is 0 Å². The van der Waals surface area contributed by atoms with Gasteiger partial charge in [0.05, 0.1) is 0 Å². The van der Waals surface area contributed by atoms with Gasteiger partial charge in [-0.2, -0.15) is 0 Å². The fourth-order valence-electron chi connectivity index (χ4n) is 1.13. The Hall–Kier alpha value is -0.830. The third-order valence-corrected chi connectivity index (χ3v) is 1.66. The van der Waals surface area contributed by atoms with E-state index in [0.29, 0.717) is 0 Å². The van der Waals surface area contributed by atoms with Crippen LogP contribution < -0.4 is 5.73 Å². The zero-order valence-corrected chi connectivity index (χ0v) is 11.1. The molecule has 0 fully saturated rings. The number of rotatable bonds is 0. The van der Waals surface area contributed by atoms with Crippen LogP contribution in [0.5, 0.6) is 0 Å². The molecule has 0 aliphatic carbocycles. The van der Waals surface area contributed by atoms with Gasteiger partial charge in [0.1, 0.15) is 0 Å². The maximum absolute atomic E-state index is 9.22. The number of carbonyl (C=O) groups excluding carboxylic acids is 1. The molecule has 1 amide bonds. The fraction of sp³-hybridized carbons (Fsp3) is 0.0833. The van der Waals surface area contributed by atoms with Crippen LogP contribution in [-0.2, 0) is 4.79 Å². The summed E-state index contributed by atoms with van der Waals surface area (Å²) >= 11 is 0. The third kappa shape index (κ3) is 5.57. The Bertz CT molecular complexity index is 359. The van der Waals surface area contributed by atoms with Crippen molar-refractivity contribution < 1.29 is 4.79 Å². The minimum atomic E-state index is -0.333. The van der Waals surface area contributed by atoms with Crippen LogP contribution in [0.25, 0.3) is 10.8 Å². The van der Waals surface area contributed by atoms with Crippen molar-refractivity contribution >= 4 is 46.2 Å². The first-order valence-corrected chi connectivity index (χ1v) is 4.40. The maximum Gasteiger partial charge on any atom is 0.214 e. The van der Waals surface area contributed by atoms with Crippen LogP contribution in [0.2, 0.25) is 0 Å². The van der Waals surface area contributed by atoms with Gasteiger partial charge in [-0.25, -0.2) is 0 Å². The van der Waals surface area contributed by atoms with Crippen molar-refractivity contribution in [3.63, 3.8) is 0 Å². The zero-order valence-electron chi connectivity index (χ0n) is 9.10. The molecule has 0 heterocycles. The van der Waals surface area contributed by atoms with E-state index in [1.54, 1.807) is 0 Å². The molecular formula is C12H13NNaO. The van der Waals surface area contributed by atoms with Gasteiger partial charge in [0.2, 0.25) is 5.91 Å². The number of primary amides is 1. The van der Waals surface area contributed by atoms with E-state index in [0.717, 1.165) is 0 Å². The molecule has 0 spiro atoms. The Morgan fingerprint density at radius 3 is 1.33 bits per heavy atom.